The van der Waals surface area contributed by atoms with Crippen LogP contribution in [0.3, 0.4) is 0 Å². The molecule has 9 nitrogen and oxygen atoms in total. The van der Waals surface area contributed by atoms with Gasteiger partial charge in [-0.3, -0.25) is 14.8 Å². The van der Waals surface area contributed by atoms with Gasteiger partial charge in [0.15, 0.2) is 0 Å². The zero-order valence-electron chi connectivity index (χ0n) is 14.8. The van der Waals surface area contributed by atoms with Gasteiger partial charge in [0.1, 0.15) is 5.82 Å². The minimum Gasteiger partial charge on any atom is -0.348 e. The monoisotopic (exact) mass is 399 g/mol. The molecule has 0 saturated heterocycles. The molecule has 3 aromatic rings. The van der Waals surface area contributed by atoms with E-state index in [1.165, 1.54) is 30.5 Å². The summed E-state index contributed by atoms with van der Waals surface area (Å²) in [6.45, 7) is 1.93. The largest absolute Gasteiger partial charge is 0.348 e. The lowest BCUT2D eigenvalue weighted by atomic mass is 10.1. The zero-order valence-corrected chi connectivity index (χ0v) is 15.6. The van der Waals surface area contributed by atoms with E-state index in [1.54, 1.807) is 0 Å². The number of hydrogen-bond donors (Lipinski definition) is 2. The van der Waals surface area contributed by atoms with E-state index in [-0.39, 0.29) is 28.4 Å². The summed E-state index contributed by atoms with van der Waals surface area (Å²) in [5, 5.41) is 14.0. The average Bonchev–Trinajstić information content (AvgIpc) is 2.68. The van der Waals surface area contributed by atoms with Gasteiger partial charge in [-0.05, 0) is 24.6 Å². The van der Waals surface area contributed by atoms with E-state index >= 15 is 0 Å². The molecule has 2 N–H and O–H groups in total. The molecule has 28 heavy (non-hydrogen) atoms. The molecule has 3 rings (SSSR count). The first-order chi connectivity index (χ1) is 13.3. The highest BCUT2D eigenvalue weighted by Gasteiger charge is 2.18. The van der Waals surface area contributed by atoms with Crippen molar-refractivity contribution in [1.82, 2.24) is 9.97 Å². The van der Waals surface area contributed by atoms with E-state index in [9.17, 15) is 18.5 Å². The Labute approximate surface area is 161 Å². The Morgan fingerprint density at radius 1 is 1.07 bits per heavy atom. The lowest BCUT2D eigenvalue weighted by molar-refractivity contribution is -0.385. The molecule has 0 bridgehead atoms. The van der Waals surface area contributed by atoms with Crippen LogP contribution in [-0.2, 0) is 10.0 Å². The van der Waals surface area contributed by atoms with Gasteiger partial charge < -0.3 is 5.32 Å². The molecule has 0 aliphatic carbocycles. The second kappa shape index (κ2) is 8.01. The summed E-state index contributed by atoms with van der Waals surface area (Å²) >= 11 is 0. The minimum atomic E-state index is -4.04. The molecule has 1 aromatic heterocycles. The van der Waals surface area contributed by atoms with Crippen LogP contribution in [0.25, 0.3) is 0 Å². The average molecular weight is 399 g/mol. The third-order valence-corrected chi connectivity index (χ3v) is 5.23. The van der Waals surface area contributed by atoms with Crippen molar-refractivity contribution in [3.8, 4) is 0 Å². The highest BCUT2D eigenvalue weighted by atomic mass is 32.2. The first-order valence-corrected chi connectivity index (χ1v) is 9.75. The summed E-state index contributed by atoms with van der Waals surface area (Å²) in [4.78, 5) is 18.2. The van der Waals surface area contributed by atoms with Crippen LogP contribution in [0.4, 0.5) is 17.5 Å². The van der Waals surface area contributed by atoms with Crippen molar-refractivity contribution in [2.24, 2.45) is 0 Å². The Morgan fingerprint density at radius 2 is 1.82 bits per heavy atom. The summed E-state index contributed by atoms with van der Waals surface area (Å²) < 4.78 is 27.3. The number of nitrogens with one attached hydrogen (secondary N) is 2. The first-order valence-electron chi connectivity index (χ1n) is 8.27. The van der Waals surface area contributed by atoms with E-state index in [2.05, 4.69) is 20.0 Å². The number of anilines is 2. The summed E-state index contributed by atoms with van der Waals surface area (Å²) in [7, 11) is -4.04. The van der Waals surface area contributed by atoms with E-state index in [0.717, 1.165) is 11.6 Å². The molecular formula is C18H17N5O4S. The van der Waals surface area contributed by atoms with Gasteiger partial charge >= 0.3 is 0 Å². The van der Waals surface area contributed by atoms with Crippen LogP contribution in [0.15, 0.2) is 71.8 Å². The fourth-order valence-electron chi connectivity index (χ4n) is 2.46. The molecule has 0 amide bonds. The maximum absolute atomic E-state index is 12.5. The third kappa shape index (κ3) is 4.60. The molecule has 0 fully saturated rings. The zero-order chi connectivity index (χ0) is 20.1. The summed E-state index contributed by atoms with van der Waals surface area (Å²) in [6, 6.07) is 15.7. The van der Waals surface area contributed by atoms with Crippen LogP contribution in [0.2, 0.25) is 0 Å². The van der Waals surface area contributed by atoms with Crippen LogP contribution in [0, 0.1) is 10.1 Å². The molecule has 0 unspecified atom stereocenters. The van der Waals surface area contributed by atoms with Gasteiger partial charge in [0, 0.05) is 18.3 Å². The van der Waals surface area contributed by atoms with E-state index in [1.807, 2.05) is 37.3 Å². The lowest BCUT2D eigenvalue weighted by Crippen LogP contribution is -2.15. The Hall–Kier alpha value is -3.53. The Kier molecular flexibility index (Phi) is 5.50. The smallest absolute Gasteiger partial charge is 0.270 e. The van der Waals surface area contributed by atoms with E-state index in [0.29, 0.717) is 0 Å². The van der Waals surface area contributed by atoms with Gasteiger partial charge in [-0.15, -0.1) is 0 Å². The van der Waals surface area contributed by atoms with Crippen molar-refractivity contribution < 1.29 is 13.3 Å². The molecule has 0 aliphatic heterocycles. The van der Waals surface area contributed by atoms with Crippen LogP contribution in [-0.4, -0.2) is 23.3 Å². The number of nitro benzene ring substituents is 1. The van der Waals surface area contributed by atoms with Crippen LogP contribution in [0.5, 0.6) is 0 Å². The van der Waals surface area contributed by atoms with Crippen molar-refractivity contribution in [1.29, 1.82) is 0 Å². The first kappa shape index (κ1) is 19.2. The Morgan fingerprint density at radius 3 is 2.54 bits per heavy atom. The van der Waals surface area contributed by atoms with Gasteiger partial charge in [0.25, 0.3) is 15.7 Å². The topological polar surface area (TPSA) is 127 Å². The number of benzene rings is 2. The van der Waals surface area contributed by atoms with Crippen LogP contribution >= 0.6 is 0 Å². The molecular weight excluding hydrogens is 382 g/mol. The SMILES string of the molecule is C[C@H](Nc1nccc(NS(=O)(=O)c2cccc([N+](=O)[O-])c2)n1)c1ccccc1. The second-order valence-electron chi connectivity index (χ2n) is 5.90. The molecule has 0 spiro atoms. The van der Waals surface area contributed by atoms with E-state index in [4.69, 9.17) is 0 Å². The fourth-order valence-corrected chi connectivity index (χ4v) is 3.51. The quantitative estimate of drug-likeness (QED) is 0.460. The second-order valence-corrected chi connectivity index (χ2v) is 7.58. The van der Waals surface area contributed by atoms with Crippen LogP contribution in [0.1, 0.15) is 18.5 Å². The number of sulfonamides is 1. The van der Waals surface area contributed by atoms with Gasteiger partial charge in [0.05, 0.1) is 15.9 Å². The van der Waals surface area contributed by atoms with Crippen molar-refractivity contribution in [2.45, 2.75) is 17.9 Å². The summed E-state index contributed by atoms with van der Waals surface area (Å²) in [5.41, 5.74) is 0.707. The molecule has 2 aromatic carbocycles. The minimum absolute atomic E-state index is 0.0456. The number of non-ortho nitro benzene ring substituents is 1. The molecule has 1 atom stereocenters. The Bertz CT molecular complexity index is 1090. The van der Waals surface area contributed by atoms with Gasteiger partial charge in [-0.2, -0.15) is 4.98 Å². The molecule has 144 valence electrons. The molecule has 1 heterocycles. The number of hydrogen-bond acceptors (Lipinski definition) is 7. The Balaban J connectivity index is 1.78. The molecule has 10 heteroatoms. The number of nitrogens with zero attached hydrogens (tertiary/aromatic N) is 3. The molecule has 0 aliphatic rings. The fraction of sp³-hybridized carbons (Fsp3) is 0.111. The van der Waals surface area contributed by atoms with Crippen molar-refractivity contribution in [2.75, 3.05) is 10.0 Å². The van der Waals surface area contributed by atoms with Gasteiger partial charge in [-0.25, -0.2) is 13.4 Å². The predicted octanol–water partition coefficient (Wildman–Crippen LogP) is 3.36. The maximum atomic E-state index is 12.5. The molecule has 0 saturated carbocycles. The maximum Gasteiger partial charge on any atom is 0.270 e. The van der Waals surface area contributed by atoms with Crippen molar-refractivity contribution in [3.05, 3.63) is 82.5 Å². The van der Waals surface area contributed by atoms with Gasteiger partial charge in [-0.1, -0.05) is 36.4 Å². The number of rotatable bonds is 7. The summed E-state index contributed by atoms with van der Waals surface area (Å²) in [5.74, 6) is 0.292. The number of aromatic nitrogens is 2. The normalized spacial score (nSPS) is 12.2. The van der Waals surface area contributed by atoms with Crippen LogP contribution < -0.4 is 10.0 Å². The summed E-state index contributed by atoms with van der Waals surface area (Å²) in [6.07, 6.45) is 1.42. The van der Waals surface area contributed by atoms with Gasteiger partial charge in [0.2, 0.25) is 5.95 Å². The highest BCUT2D eigenvalue weighted by molar-refractivity contribution is 7.92. The third-order valence-electron chi connectivity index (χ3n) is 3.88. The number of nitro groups is 1. The van der Waals surface area contributed by atoms with Crippen molar-refractivity contribution in [3.63, 3.8) is 0 Å². The predicted molar refractivity (Wildman–Crippen MR) is 104 cm³/mol. The molecule has 0 radical (unpaired) electrons. The highest BCUT2D eigenvalue weighted by Crippen LogP contribution is 2.21. The standard InChI is InChI=1S/C18H17N5O4S/c1-13(14-6-3-2-4-7-14)20-18-19-11-10-17(21-18)22-28(26,27)16-9-5-8-15(12-16)23(24)25/h2-13H,1H3,(H2,19,20,21,22)/t13-/m0/s1. The lowest BCUT2D eigenvalue weighted by Gasteiger charge is -2.15. The van der Waals surface area contributed by atoms with Crippen molar-refractivity contribution >= 4 is 27.5 Å². The van der Waals surface area contributed by atoms with E-state index < -0.39 is 14.9 Å².